The van der Waals surface area contributed by atoms with Crippen molar-refractivity contribution >= 4 is 54.0 Å². The van der Waals surface area contributed by atoms with Gasteiger partial charge in [-0.3, -0.25) is 24.9 Å². The van der Waals surface area contributed by atoms with Crippen LogP contribution in [0.3, 0.4) is 0 Å². The van der Waals surface area contributed by atoms with Crippen LogP contribution >= 0.6 is 11.3 Å². The van der Waals surface area contributed by atoms with Crippen LogP contribution in [-0.2, 0) is 10.0 Å². The molecule has 0 aliphatic carbocycles. The Hall–Kier alpha value is -3.83. The van der Waals surface area contributed by atoms with E-state index in [2.05, 4.69) is 15.0 Å². The van der Waals surface area contributed by atoms with E-state index in [-0.39, 0.29) is 22.2 Å². The summed E-state index contributed by atoms with van der Waals surface area (Å²) in [5, 5.41) is 14.1. The molecule has 4 aromatic rings. The zero-order valence-electron chi connectivity index (χ0n) is 16.6. The maximum Gasteiger partial charge on any atom is 0.270 e. The Morgan fingerprint density at radius 1 is 1.06 bits per heavy atom. The predicted octanol–water partition coefficient (Wildman–Crippen LogP) is 4.57. The molecule has 0 unspecified atom stereocenters. The van der Waals surface area contributed by atoms with Crippen LogP contribution in [0.1, 0.15) is 15.9 Å². The highest BCUT2D eigenvalue weighted by atomic mass is 32.2. The number of nitro benzene ring substituents is 1. The molecule has 0 spiro atoms. The molecule has 1 aromatic heterocycles. The maximum absolute atomic E-state index is 12.5. The summed E-state index contributed by atoms with van der Waals surface area (Å²) in [7, 11) is -4.03. The molecule has 0 fully saturated rings. The molecule has 0 radical (unpaired) electrons. The standard InChI is InChI=1S/C21H16N4O5S2/c1-13-5-10-18-19(11-13)31-21(22-18)23-20(26)14-6-8-15(9-7-14)24-32(29,30)17-4-2-3-16(12-17)25(27)28/h2-12,24H,1H3,(H,22,23,26). The highest BCUT2D eigenvalue weighted by Gasteiger charge is 2.18. The van der Waals surface area contributed by atoms with E-state index in [1.165, 1.54) is 53.8 Å². The minimum atomic E-state index is -4.03. The molecule has 1 amide bonds. The van der Waals surface area contributed by atoms with Gasteiger partial charge < -0.3 is 0 Å². The van der Waals surface area contributed by atoms with Gasteiger partial charge in [0.05, 0.1) is 20.0 Å². The monoisotopic (exact) mass is 468 g/mol. The number of sulfonamides is 1. The molecule has 0 aliphatic rings. The van der Waals surface area contributed by atoms with E-state index in [0.717, 1.165) is 21.8 Å². The number of carbonyl (C=O) groups is 1. The van der Waals surface area contributed by atoms with E-state index in [1.807, 2.05) is 25.1 Å². The van der Waals surface area contributed by atoms with Crippen molar-refractivity contribution in [3.05, 3.63) is 88.0 Å². The van der Waals surface area contributed by atoms with Crippen LogP contribution in [0.5, 0.6) is 0 Å². The van der Waals surface area contributed by atoms with Gasteiger partial charge >= 0.3 is 0 Å². The number of carbonyl (C=O) groups excluding carboxylic acids is 1. The number of anilines is 2. The number of aromatic nitrogens is 1. The molecule has 32 heavy (non-hydrogen) atoms. The van der Waals surface area contributed by atoms with Crippen LogP contribution in [-0.4, -0.2) is 24.2 Å². The van der Waals surface area contributed by atoms with Crippen molar-refractivity contribution in [2.24, 2.45) is 0 Å². The first kappa shape index (κ1) is 21.4. The normalized spacial score (nSPS) is 11.3. The Morgan fingerprint density at radius 3 is 2.53 bits per heavy atom. The topological polar surface area (TPSA) is 131 Å². The number of amides is 1. The molecule has 162 valence electrons. The molecule has 0 atom stereocenters. The van der Waals surface area contributed by atoms with Crippen molar-refractivity contribution in [3.63, 3.8) is 0 Å². The second-order valence-corrected chi connectivity index (χ2v) is 9.59. The number of thiazole rings is 1. The van der Waals surface area contributed by atoms with Crippen LogP contribution in [0.4, 0.5) is 16.5 Å². The molecule has 4 rings (SSSR count). The summed E-state index contributed by atoms with van der Waals surface area (Å²) in [5.41, 5.74) is 2.09. The third kappa shape index (κ3) is 4.58. The van der Waals surface area contributed by atoms with Gasteiger partial charge in [0.25, 0.3) is 21.6 Å². The first-order chi connectivity index (χ1) is 15.2. The second-order valence-electron chi connectivity index (χ2n) is 6.88. The second kappa shape index (κ2) is 8.36. The van der Waals surface area contributed by atoms with Gasteiger partial charge in [-0.25, -0.2) is 13.4 Å². The summed E-state index contributed by atoms with van der Waals surface area (Å²) in [6.07, 6.45) is 0. The van der Waals surface area contributed by atoms with Crippen LogP contribution in [0, 0.1) is 17.0 Å². The quantitative estimate of drug-likeness (QED) is 0.315. The number of fused-ring (bicyclic) bond motifs is 1. The SMILES string of the molecule is Cc1ccc2nc(NC(=O)c3ccc(NS(=O)(=O)c4cccc([N+](=O)[O-])c4)cc3)sc2c1. The molecule has 0 aliphatic heterocycles. The summed E-state index contributed by atoms with van der Waals surface area (Å²) in [6.45, 7) is 1.98. The average Bonchev–Trinajstić information content (AvgIpc) is 3.15. The van der Waals surface area contributed by atoms with Crippen molar-refractivity contribution in [2.75, 3.05) is 10.0 Å². The van der Waals surface area contributed by atoms with Crippen LogP contribution < -0.4 is 10.0 Å². The van der Waals surface area contributed by atoms with Gasteiger partial charge in [-0.05, 0) is 55.0 Å². The molecule has 0 saturated carbocycles. The Morgan fingerprint density at radius 2 is 1.81 bits per heavy atom. The summed E-state index contributed by atoms with van der Waals surface area (Å²) in [6, 6.07) is 16.4. The van der Waals surface area contributed by atoms with E-state index in [1.54, 1.807) is 0 Å². The fourth-order valence-corrected chi connectivity index (χ4v) is 4.98. The van der Waals surface area contributed by atoms with E-state index in [0.29, 0.717) is 10.7 Å². The van der Waals surface area contributed by atoms with Crippen molar-refractivity contribution in [3.8, 4) is 0 Å². The van der Waals surface area contributed by atoms with E-state index >= 15 is 0 Å². The molecule has 0 saturated heterocycles. The Labute approximate surface area is 186 Å². The van der Waals surface area contributed by atoms with E-state index in [9.17, 15) is 23.3 Å². The number of aryl methyl sites for hydroxylation is 1. The smallest absolute Gasteiger partial charge is 0.270 e. The Kier molecular flexibility index (Phi) is 5.59. The van der Waals surface area contributed by atoms with Gasteiger partial charge in [0.15, 0.2) is 5.13 Å². The minimum Gasteiger partial charge on any atom is -0.298 e. The number of non-ortho nitro benzene ring substituents is 1. The lowest BCUT2D eigenvalue weighted by molar-refractivity contribution is -0.385. The number of hydrogen-bond acceptors (Lipinski definition) is 7. The third-order valence-electron chi connectivity index (χ3n) is 4.50. The minimum absolute atomic E-state index is 0.212. The molecular weight excluding hydrogens is 452 g/mol. The molecular formula is C21H16N4O5S2. The van der Waals surface area contributed by atoms with Gasteiger partial charge in [0, 0.05) is 23.4 Å². The zero-order valence-corrected chi connectivity index (χ0v) is 18.2. The van der Waals surface area contributed by atoms with Gasteiger partial charge in [-0.1, -0.05) is 23.5 Å². The van der Waals surface area contributed by atoms with Crippen molar-refractivity contribution in [1.29, 1.82) is 0 Å². The maximum atomic E-state index is 12.5. The van der Waals surface area contributed by atoms with Crippen molar-refractivity contribution in [1.82, 2.24) is 4.98 Å². The van der Waals surface area contributed by atoms with Gasteiger partial charge in [-0.2, -0.15) is 0 Å². The van der Waals surface area contributed by atoms with Gasteiger partial charge in [0.1, 0.15) is 0 Å². The lowest BCUT2D eigenvalue weighted by atomic mass is 10.2. The van der Waals surface area contributed by atoms with Gasteiger partial charge in [-0.15, -0.1) is 0 Å². The van der Waals surface area contributed by atoms with Crippen molar-refractivity contribution in [2.45, 2.75) is 11.8 Å². The molecule has 2 N–H and O–H groups in total. The predicted molar refractivity (Wildman–Crippen MR) is 123 cm³/mol. The lowest BCUT2D eigenvalue weighted by Gasteiger charge is -2.09. The highest BCUT2D eigenvalue weighted by molar-refractivity contribution is 7.92. The Bertz CT molecular complexity index is 1450. The van der Waals surface area contributed by atoms with Crippen molar-refractivity contribution < 1.29 is 18.1 Å². The van der Waals surface area contributed by atoms with Crippen LogP contribution in [0.2, 0.25) is 0 Å². The lowest BCUT2D eigenvalue weighted by Crippen LogP contribution is -2.14. The number of nitro groups is 1. The van der Waals surface area contributed by atoms with E-state index in [4.69, 9.17) is 0 Å². The summed E-state index contributed by atoms with van der Waals surface area (Å²) in [5.74, 6) is -0.381. The summed E-state index contributed by atoms with van der Waals surface area (Å²) in [4.78, 5) is 26.9. The van der Waals surface area contributed by atoms with Crippen LogP contribution in [0.25, 0.3) is 10.2 Å². The first-order valence-electron chi connectivity index (χ1n) is 9.27. The summed E-state index contributed by atoms with van der Waals surface area (Å²) >= 11 is 1.36. The first-order valence-corrected chi connectivity index (χ1v) is 11.6. The number of nitrogens with zero attached hydrogens (tertiary/aromatic N) is 2. The molecule has 1 heterocycles. The third-order valence-corrected chi connectivity index (χ3v) is 6.82. The average molecular weight is 469 g/mol. The Balaban J connectivity index is 1.47. The number of benzene rings is 3. The number of rotatable bonds is 6. The number of nitrogens with one attached hydrogen (secondary N) is 2. The fraction of sp³-hybridized carbons (Fsp3) is 0.0476. The molecule has 0 bridgehead atoms. The largest absolute Gasteiger partial charge is 0.298 e. The van der Waals surface area contributed by atoms with Crippen LogP contribution in [0.15, 0.2) is 71.6 Å². The van der Waals surface area contributed by atoms with Gasteiger partial charge in [0.2, 0.25) is 0 Å². The molecule has 11 heteroatoms. The van der Waals surface area contributed by atoms with E-state index < -0.39 is 14.9 Å². The fourth-order valence-electron chi connectivity index (χ4n) is 2.92. The summed E-state index contributed by atoms with van der Waals surface area (Å²) < 4.78 is 28.4. The molecule has 9 nitrogen and oxygen atoms in total. The molecule has 3 aromatic carbocycles. The zero-order chi connectivity index (χ0) is 22.9. The number of hydrogen-bond donors (Lipinski definition) is 2. The highest BCUT2D eigenvalue weighted by Crippen LogP contribution is 2.27.